The molecule has 30 heavy (non-hydrogen) atoms. The minimum absolute atomic E-state index is 0.00631. The van der Waals surface area contributed by atoms with Gasteiger partial charge < -0.3 is 10.3 Å². The van der Waals surface area contributed by atoms with Gasteiger partial charge in [0, 0.05) is 19.1 Å². The van der Waals surface area contributed by atoms with E-state index in [0.29, 0.717) is 24.9 Å². The Morgan fingerprint density at radius 1 is 1.03 bits per heavy atom. The molecule has 2 aliphatic carbocycles. The summed E-state index contributed by atoms with van der Waals surface area (Å²) in [7, 11) is 0. The van der Waals surface area contributed by atoms with Gasteiger partial charge in [0.05, 0.1) is 22.9 Å². The lowest BCUT2D eigenvalue weighted by atomic mass is 9.81. The molecule has 1 saturated heterocycles. The predicted octanol–water partition coefficient (Wildman–Crippen LogP) is 1.66. The Balaban J connectivity index is 1.01. The lowest BCUT2D eigenvalue weighted by molar-refractivity contribution is -0.140. The lowest BCUT2D eigenvalue weighted by Gasteiger charge is -2.25. The highest BCUT2D eigenvalue weighted by molar-refractivity contribution is 6.06. The number of carbonyl (C=O) groups excluding carboxylic acids is 2. The molecule has 2 aromatic rings. The van der Waals surface area contributed by atoms with Crippen molar-refractivity contribution >= 4 is 22.8 Å². The molecule has 5 atom stereocenters. The molecule has 2 aliphatic heterocycles. The Labute approximate surface area is 174 Å². The first-order valence-corrected chi connectivity index (χ1v) is 11.4. The molecule has 1 aromatic carbocycles. The fourth-order valence-corrected chi connectivity index (χ4v) is 6.71. The predicted molar refractivity (Wildman–Crippen MR) is 112 cm³/mol. The van der Waals surface area contributed by atoms with Crippen LogP contribution in [-0.2, 0) is 22.6 Å². The number of rotatable bonds is 6. The van der Waals surface area contributed by atoms with Crippen LogP contribution >= 0.6 is 0 Å². The van der Waals surface area contributed by atoms with E-state index in [1.165, 1.54) is 5.56 Å². The van der Waals surface area contributed by atoms with Gasteiger partial charge >= 0.3 is 5.69 Å². The zero-order chi connectivity index (χ0) is 20.4. The topological polar surface area (TPSA) is 87.2 Å². The highest BCUT2D eigenvalue weighted by atomic mass is 16.2. The summed E-state index contributed by atoms with van der Waals surface area (Å²) in [6, 6.07) is 6.26. The van der Waals surface area contributed by atoms with E-state index in [1.54, 1.807) is 4.90 Å². The minimum Gasteiger partial charge on any atom is -0.312 e. The maximum Gasteiger partial charge on any atom is 0.326 e. The average Bonchev–Trinajstić information content (AvgIpc) is 3.48. The van der Waals surface area contributed by atoms with Gasteiger partial charge in [-0.15, -0.1) is 0 Å². The van der Waals surface area contributed by atoms with Crippen LogP contribution in [0.15, 0.2) is 23.0 Å². The summed E-state index contributed by atoms with van der Waals surface area (Å²) >= 11 is 0. The van der Waals surface area contributed by atoms with E-state index in [0.717, 1.165) is 56.1 Å². The number of para-hydroxylation sites is 1. The molecule has 7 nitrogen and oxygen atoms in total. The van der Waals surface area contributed by atoms with Gasteiger partial charge in [-0.05, 0) is 68.5 Å². The van der Waals surface area contributed by atoms with Gasteiger partial charge in [0.1, 0.15) is 0 Å². The van der Waals surface area contributed by atoms with Crippen LogP contribution in [0.3, 0.4) is 0 Å². The number of imidazole rings is 1. The summed E-state index contributed by atoms with van der Waals surface area (Å²) in [5.74, 6) is 1.11. The number of amides is 2. The standard InChI is InChI=1S/C23H28N4O3/c28-21-18-13-6-7-14(10-13)19(18)22(29)26(21)9-2-1-8-24-16-11-15-4-3-5-17-20(15)27(12-16)23(30)25-17/h3-5,13-14,16,18-19,24H,1-2,6-12H2,(H,25,30)/t13?,14?,16-,18?,19?/m1/s1. The normalized spacial score (nSPS) is 31.9. The van der Waals surface area contributed by atoms with Crippen LogP contribution in [0.1, 0.15) is 37.7 Å². The molecular formula is C23H28N4O3. The minimum atomic E-state index is -0.0467. The third-order valence-corrected chi connectivity index (χ3v) is 8.01. The van der Waals surface area contributed by atoms with Gasteiger partial charge in [-0.1, -0.05) is 12.1 Å². The zero-order valence-corrected chi connectivity index (χ0v) is 17.1. The Morgan fingerprint density at radius 3 is 2.57 bits per heavy atom. The number of aromatic nitrogens is 2. The fraction of sp³-hybridized carbons (Fsp3) is 0.609. The number of hydrogen-bond donors (Lipinski definition) is 2. The second-order valence-electron chi connectivity index (χ2n) is 9.63. The first-order chi connectivity index (χ1) is 14.6. The Morgan fingerprint density at radius 2 is 1.80 bits per heavy atom. The molecular weight excluding hydrogens is 380 g/mol. The van der Waals surface area contributed by atoms with Crippen LogP contribution in [0.4, 0.5) is 0 Å². The van der Waals surface area contributed by atoms with E-state index >= 15 is 0 Å². The van der Waals surface area contributed by atoms with E-state index in [9.17, 15) is 14.4 Å². The summed E-state index contributed by atoms with van der Waals surface area (Å²) in [6.45, 7) is 2.05. The van der Waals surface area contributed by atoms with E-state index < -0.39 is 0 Å². The van der Waals surface area contributed by atoms with Crippen molar-refractivity contribution < 1.29 is 9.59 Å². The maximum atomic E-state index is 12.8. The largest absolute Gasteiger partial charge is 0.326 e. The van der Waals surface area contributed by atoms with E-state index in [4.69, 9.17) is 0 Å². The van der Waals surface area contributed by atoms with Crippen LogP contribution in [0, 0.1) is 23.7 Å². The number of hydrogen-bond acceptors (Lipinski definition) is 4. The van der Waals surface area contributed by atoms with Gasteiger partial charge in [0.15, 0.2) is 0 Å². The van der Waals surface area contributed by atoms with Crippen molar-refractivity contribution in [2.24, 2.45) is 23.7 Å². The molecule has 7 heteroatoms. The number of carbonyl (C=O) groups is 2. The van der Waals surface area contributed by atoms with Gasteiger partial charge in [0.25, 0.3) is 0 Å². The fourth-order valence-electron chi connectivity index (χ4n) is 6.71. The number of aromatic amines is 1. The number of imide groups is 1. The summed E-state index contributed by atoms with van der Waals surface area (Å²) in [6.07, 6.45) is 5.99. The number of unbranched alkanes of at least 4 members (excludes halogenated alkanes) is 1. The first kappa shape index (κ1) is 18.4. The number of nitrogens with zero attached hydrogens (tertiary/aromatic N) is 2. The van der Waals surface area contributed by atoms with Crippen LogP contribution < -0.4 is 11.0 Å². The summed E-state index contributed by atoms with van der Waals surface area (Å²) in [4.78, 5) is 42.3. The van der Waals surface area contributed by atoms with Gasteiger partial charge in [0.2, 0.25) is 11.8 Å². The molecule has 3 fully saturated rings. The van der Waals surface area contributed by atoms with Crippen molar-refractivity contribution in [3.05, 3.63) is 34.2 Å². The molecule has 6 rings (SSSR count). The van der Waals surface area contributed by atoms with Crippen molar-refractivity contribution in [2.45, 2.75) is 51.1 Å². The zero-order valence-electron chi connectivity index (χ0n) is 17.1. The Kier molecular flexibility index (Phi) is 4.17. The number of H-pyrrole nitrogens is 1. The van der Waals surface area contributed by atoms with Crippen LogP contribution in [0.25, 0.3) is 11.0 Å². The molecule has 158 valence electrons. The van der Waals surface area contributed by atoms with Crippen LogP contribution in [0.2, 0.25) is 0 Å². The number of likely N-dealkylation sites (tertiary alicyclic amines) is 1. The molecule has 2 bridgehead atoms. The molecule has 2 amide bonds. The molecule has 2 saturated carbocycles. The van der Waals surface area contributed by atoms with Crippen LogP contribution in [-0.4, -0.2) is 45.4 Å². The van der Waals surface area contributed by atoms with Gasteiger partial charge in [-0.2, -0.15) is 0 Å². The smallest absolute Gasteiger partial charge is 0.312 e. The van der Waals surface area contributed by atoms with E-state index in [2.05, 4.69) is 16.4 Å². The van der Waals surface area contributed by atoms with Gasteiger partial charge in [-0.25, -0.2) is 4.79 Å². The molecule has 3 heterocycles. The van der Waals surface area contributed by atoms with Crippen molar-refractivity contribution in [1.82, 2.24) is 19.8 Å². The Hall–Kier alpha value is -2.41. The second-order valence-corrected chi connectivity index (χ2v) is 9.63. The average molecular weight is 409 g/mol. The number of fused-ring (bicyclic) bond motifs is 5. The summed E-state index contributed by atoms with van der Waals surface area (Å²) in [5.41, 5.74) is 3.10. The number of nitrogens with one attached hydrogen (secondary N) is 2. The first-order valence-electron chi connectivity index (χ1n) is 11.4. The van der Waals surface area contributed by atoms with Crippen LogP contribution in [0.5, 0.6) is 0 Å². The van der Waals surface area contributed by atoms with Crippen molar-refractivity contribution in [3.8, 4) is 0 Å². The SMILES string of the molecule is O=C1C2C3CCC(C3)C2C(=O)N1CCCCN[C@@H]1Cc2cccc3[nH]c(=O)n(c23)C1. The second kappa shape index (κ2) is 6.80. The van der Waals surface area contributed by atoms with Gasteiger partial charge in [-0.3, -0.25) is 19.1 Å². The molecule has 1 aromatic heterocycles. The van der Waals surface area contributed by atoms with Crippen molar-refractivity contribution in [3.63, 3.8) is 0 Å². The highest BCUT2D eigenvalue weighted by Crippen LogP contribution is 2.56. The molecule has 4 unspecified atom stereocenters. The van der Waals surface area contributed by atoms with Crippen molar-refractivity contribution in [1.29, 1.82) is 0 Å². The van der Waals surface area contributed by atoms with E-state index in [1.807, 2.05) is 16.7 Å². The maximum absolute atomic E-state index is 12.8. The Bertz CT molecular complexity index is 1060. The molecule has 0 spiro atoms. The third-order valence-electron chi connectivity index (χ3n) is 8.01. The molecule has 0 radical (unpaired) electrons. The summed E-state index contributed by atoms with van der Waals surface area (Å²) < 4.78 is 1.83. The third kappa shape index (κ3) is 2.64. The monoisotopic (exact) mass is 408 g/mol. The highest BCUT2D eigenvalue weighted by Gasteiger charge is 2.60. The number of benzene rings is 1. The molecule has 4 aliphatic rings. The lowest BCUT2D eigenvalue weighted by Crippen LogP contribution is -2.41. The quantitative estimate of drug-likeness (QED) is 0.562. The summed E-state index contributed by atoms with van der Waals surface area (Å²) in [5, 5.41) is 3.57. The van der Waals surface area contributed by atoms with Crippen molar-refractivity contribution in [2.75, 3.05) is 13.1 Å². The van der Waals surface area contributed by atoms with E-state index in [-0.39, 0.29) is 35.4 Å². The molecule has 2 N–H and O–H groups in total.